The Morgan fingerprint density at radius 2 is 2.26 bits per heavy atom. The van der Waals surface area contributed by atoms with Gasteiger partial charge in [-0.25, -0.2) is 4.98 Å². The van der Waals surface area contributed by atoms with Gasteiger partial charge in [0.2, 0.25) is 0 Å². The molecule has 2 unspecified atom stereocenters. The monoisotopic (exact) mass is 258 g/mol. The Morgan fingerprint density at radius 1 is 1.53 bits per heavy atom. The maximum Gasteiger partial charge on any atom is 0.139 e. The fraction of sp³-hybridized carbons (Fsp3) is 0.600. The fourth-order valence-corrected chi connectivity index (χ4v) is 3.04. The zero-order chi connectivity index (χ0) is 13.6. The molecular weight excluding hydrogens is 236 g/mol. The van der Waals surface area contributed by atoms with Gasteiger partial charge in [0, 0.05) is 19.3 Å². The van der Waals surface area contributed by atoms with Crippen LogP contribution in [0, 0.1) is 17.2 Å². The van der Waals surface area contributed by atoms with Crippen molar-refractivity contribution in [1.82, 2.24) is 4.98 Å². The molecule has 19 heavy (non-hydrogen) atoms. The highest BCUT2D eigenvalue weighted by Gasteiger charge is 2.34. The summed E-state index contributed by atoms with van der Waals surface area (Å²) in [6.45, 7) is 3.31. The first-order valence-corrected chi connectivity index (χ1v) is 7.14. The molecule has 0 bridgehead atoms. The molecule has 1 saturated carbocycles. The minimum atomic E-state index is 0.132. The molecule has 1 heterocycles. The Hall–Kier alpha value is -1.58. The van der Waals surface area contributed by atoms with Crippen LogP contribution >= 0.6 is 0 Å². The fourth-order valence-electron chi connectivity index (χ4n) is 3.04. The number of aryl methyl sites for hydroxylation is 2. The number of rotatable bonds is 4. The maximum absolute atomic E-state index is 7.78. The summed E-state index contributed by atoms with van der Waals surface area (Å²) in [4.78, 5) is 6.97. The highest BCUT2D eigenvalue weighted by molar-refractivity contribution is 5.99. The van der Waals surface area contributed by atoms with Gasteiger partial charge in [-0.1, -0.05) is 6.92 Å². The Morgan fingerprint density at radius 3 is 2.89 bits per heavy atom. The molecule has 1 aromatic rings. The Bertz CT molecular complexity index is 523. The van der Waals surface area contributed by atoms with E-state index in [4.69, 9.17) is 16.1 Å². The van der Waals surface area contributed by atoms with Gasteiger partial charge in [0.25, 0.3) is 0 Å². The zero-order valence-corrected chi connectivity index (χ0v) is 11.7. The predicted molar refractivity (Wildman–Crippen MR) is 77.8 cm³/mol. The summed E-state index contributed by atoms with van der Waals surface area (Å²) >= 11 is 0. The largest absolute Gasteiger partial charge is 0.384 e. The van der Waals surface area contributed by atoms with Crippen molar-refractivity contribution in [2.75, 3.05) is 18.5 Å². The normalized spacial score (nSPS) is 24.1. The van der Waals surface area contributed by atoms with Gasteiger partial charge in [-0.05, 0) is 49.1 Å². The van der Waals surface area contributed by atoms with Crippen LogP contribution in [-0.2, 0) is 12.8 Å². The predicted octanol–water partition coefficient (Wildman–Crippen LogP) is 1.95. The standard InChI is InChI=1S/C15H22N4/c1-9-6-11(9)8-19(2)15-12(14(16)17)7-10-4-3-5-13(10)18-15/h7,9,11H,3-6,8H2,1-2H3,(H3,16,17). The highest BCUT2D eigenvalue weighted by Crippen LogP contribution is 2.39. The Labute approximate surface area is 114 Å². The Kier molecular flexibility index (Phi) is 2.96. The molecule has 2 aliphatic carbocycles. The number of aromatic nitrogens is 1. The van der Waals surface area contributed by atoms with Crippen LogP contribution in [0.15, 0.2) is 6.07 Å². The van der Waals surface area contributed by atoms with Crippen LogP contribution in [0.1, 0.15) is 36.6 Å². The molecule has 3 N–H and O–H groups in total. The first-order valence-electron chi connectivity index (χ1n) is 7.14. The summed E-state index contributed by atoms with van der Waals surface area (Å²) in [5, 5.41) is 7.78. The molecular formula is C15H22N4. The number of nitrogen functional groups attached to an aromatic ring is 1. The van der Waals surface area contributed by atoms with E-state index >= 15 is 0 Å². The lowest BCUT2D eigenvalue weighted by Gasteiger charge is -2.22. The maximum atomic E-state index is 7.78. The van der Waals surface area contributed by atoms with Crippen molar-refractivity contribution in [2.24, 2.45) is 17.6 Å². The van der Waals surface area contributed by atoms with Gasteiger partial charge in [-0.2, -0.15) is 0 Å². The zero-order valence-electron chi connectivity index (χ0n) is 11.7. The second-order valence-electron chi connectivity index (χ2n) is 6.09. The van der Waals surface area contributed by atoms with Gasteiger partial charge in [0.05, 0.1) is 5.56 Å². The molecule has 4 heteroatoms. The molecule has 102 valence electrons. The van der Waals surface area contributed by atoms with Crippen molar-refractivity contribution >= 4 is 11.7 Å². The SMILES string of the molecule is CC1CC1CN(C)c1nc2c(cc1C(=N)N)CCC2. The van der Waals surface area contributed by atoms with Gasteiger partial charge in [0.15, 0.2) is 0 Å². The van der Waals surface area contributed by atoms with Crippen molar-refractivity contribution in [3.63, 3.8) is 0 Å². The average molecular weight is 258 g/mol. The second-order valence-corrected chi connectivity index (χ2v) is 6.09. The molecule has 0 saturated heterocycles. The van der Waals surface area contributed by atoms with E-state index in [0.29, 0.717) is 0 Å². The molecule has 1 fully saturated rings. The van der Waals surface area contributed by atoms with Gasteiger partial charge >= 0.3 is 0 Å². The summed E-state index contributed by atoms with van der Waals surface area (Å²) < 4.78 is 0. The molecule has 0 aliphatic heterocycles. The summed E-state index contributed by atoms with van der Waals surface area (Å²) in [6, 6.07) is 2.08. The minimum absolute atomic E-state index is 0.132. The smallest absolute Gasteiger partial charge is 0.139 e. The van der Waals surface area contributed by atoms with Crippen LogP contribution < -0.4 is 10.6 Å². The lowest BCUT2D eigenvalue weighted by Crippen LogP contribution is -2.26. The van der Waals surface area contributed by atoms with Crippen LogP contribution in [-0.4, -0.2) is 24.4 Å². The summed E-state index contributed by atoms with van der Waals surface area (Å²) in [7, 11) is 2.07. The number of fused-ring (bicyclic) bond motifs is 1. The van der Waals surface area contributed by atoms with Gasteiger partial charge in [0.1, 0.15) is 11.7 Å². The molecule has 3 rings (SSSR count). The number of nitrogens with one attached hydrogen (secondary N) is 1. The molecule has 1 aromatic heterocycles. The van der Waals surface area contributed by atoms with Crippen LogP contribution in [0.25, 0.3) is 0 Å². The quantitative estimate of drug-likeness (QED) is 0.641. The summed E-state index contributed by atoms with van der Waals surface area (Å²) in [5.74, 6) is 2.64. The van der Waals surface area contributed by atoms with Crippen LogP contribution in [0.4, 0.5) is 5.82 Å². The van der Waals surface area contributed by atoms with E-state index in [1.165, 1.54) is 24.1 Å². The third kappa shape index (κ3) is 2.31. The molecule has 0 aromatic carbocycles. The lowest BCUT2D eigenvalue weighted by molar-refractivity contribution is 0.717. The van der Waals surface area contributed by atoms with Crippen LogP contribution in [0.3, 0.4) is 0 Å². The third-order valence-corrected chi connectivity index (χ3v) is 4.47. The Balaban J connectivity index is 1.91. The van der Waals surface area contributed by atoms with Crippen molar-refractivity contribution in [1.29, 1.82) is 5.41 Å². The van der Waals surface area contributed by atoms with E-state index in [-0.39, 0.29) is 5.84 Å². The van der Waals surface area contributed by atoms with Crippen molar-refractivity contribution in [3.8, 4) is 0 Å². The van der Waals surface area contributed by atoms with E-state index < -0.39 is 0 Å². The van der Waals surface area contributed by atoms with Gasteiger partial charge < -0.3 is 10.6 Å². The van der Waals surface area contributed by atoms with Gasteiger partial charge in [-0.15, -0.1) is 0 Å². The summed E-state index contributed by atoms with van der Waals surface area (Å²) in [6.07, 6.45) is 4.62. The average Bonchev–Trinajstić information content (AvgIpc) is 2.90. The minimum Gasteiger partial charge on any atom is -0.384 e. The third-order valence-electron chi connectivity index (χ3n) is 4.47. The first-order chi connectivity index (χ1) is 9.06. The molecule has 0 radical (unpaired) electrons. The lowest BCUT2D eigenvalue weighted by atomic mass is 10.1. The molecule has 2 aliphatic rings. The molecule has 0 amide bonds. The van der Waals surface area contributed by atoms with Crippen LogP contribution in [0.2, 0.25) is 0 Å². The number of hydrogen-bond donors (Lipinski definition) is 2. The van der Waals surface area contributed by atoms with Crippen molar-refractivity contribution < 1.29 is 0 Å². The number of anilines is 1. The number of amidine groups is 1. The van der Waals surface area contributed by atoms with E-state index in [1.807, 2.05) is 0 Å². The van der Waals surface area contributed by atoms with E-state index in [1.54, 1.807) is 0 Å². The van der Waals surface area contributed by atoms with Crippen molar-refractivity contribution in [2.45, 2.75) is 32.6 Å². The van der Waals surface area contributed by atoms with E-state index in [9.17, 15) is 0 Å². The summed E-state index contributed by atoms with van der Waals surface area (Å²) in [5.41, 5.74) is 9.02. The molecule has 4 nitrogen and oxygen atoms in total. The number of nitrogens with zero attached hydrogens (tertiary/aromatic N) is 2. The van der Waals surface area contributed by atoms with Gasteiger partial charge in [-0.3, -0.25) is 5.41 Å². The van der Waals surface area contributed by atoms with Crippen LogP contribution in [0.5, 0.6) is 0 Å². The number of pyridine rings is 1. The van der Waals surface area contributed by atoms with E-state index in [2.05, 4.69) is 24.9 Å². The second kappa shape index (κ2) is 4.51. The topological polar surface area (TPSA) is 66.0 Å². The number of nitrogens with two attached hydrogens (primary N) is 1. The van der Waals surface area contributed by atoms with E-state index in [0.717, 1.165) is 42.6 Å². The number of hydrogen-bond acceptors (Lipinski definition) is 3. The first kappa shape index (κ1) is 12.5. The molecule has 0 spiro atoms. The van der Waals surface area contributed by atoms with Crippen molar-refractivity contribution in [3.05, 3.63) is 22.9 Å². The highest BCUT2D eigenvalue weighted by atomic mass is 15.2. The molecule has 2 atom stereocenters.